The molecule has 0 saturated carbocycles. The number of aliphatic hydroxyl groups excluding tert-OH is 1. The lowest BCUT2D eigenvalue weighted by Gasteiger charge is -2.19. The van der Waals surface area contributed by atoms with Gasteiger partial charge in [0.2, 0.25) is 5.88 Å². The van der Waals surface area contributed by atoms with E-state index in [0.29, 0.717) is 13.2 Å². The Labute approximate surface area is 64.4 Å². The Hall–Kier alpha value is -1.03. The molecule has 1 aromatic heterocycles. The average Bonchev–Trinajstić information content (AvgIpc) is 2.27. The molecule has 1 aliphatic rings. The number of rotatable bonds is 0. The molecule has 0 radical (unpaired) electrons. The molecule has 1 N–H and O–H groups in total. The first kappa shape index (κ1) is 6.67. The number of aromatic nitrogens is 2. The van der Waals surface area contributed by atoms with E-state index in [4.69, 9.17) is 4.74 Å². The molecule has 2 heterocycles. The highest BCUT2D eigenvalue weighted by molar-refractivity contribution is 5.16. The first-order chi connectivity index (χ1) is 5.25. The zero-order valence-electron chi connectivity index (χ0n) is 6.32. The second-order valence-corrected chi connectivity index (χ2v) is 2.77. The van der Waals surface area contributed by atoms with Gasteiger partial charge in [0, 0.05) is 6.07 Å². The summed E-state index contributed by atoms with van der Waals surface area (Å²) in [6, 6.07) is 1.87. The summed E-state index contributed by atoms with van der Waals surface area (Å²) in [5.41, 5.74) is 0.925. The first-order valence-corrected chi connectivity index (χ1v) is 3.61. The summed E-state index contributed by atoms with van der Waals surface area (Å²) in [5, 5.41) is 13.3. The molecule has 0 aliphatic carbocycles. The second-order valence-electron chi connectivity index (χ2n) is 2.77. The molecule has 0 amide bonds. The minimum absolute atomic E-state index is 0.380. The van der Waals surface area contributed by atoms with E-state index in [1.54, 1.807) is 4.68 Å². The quantitative estimate of drug-likeness (QED) is 0.569. The van der Waals surface area contributed by atoms with Crippen LogP contribution in [0.25, 0.3) is 0 Å². The van der Waals surface area contributed by atoms with Crippen molar-refractivity contribution in [3.8, 4) is 5.88 Å². The molecule has 11 heavy (non-hydrogen) atoms. The van der Waals surface area contributed by atoms with Crippen molar-refractivity contribution in [3.05, 3.63) is 11.8 Å². The number of aliphatic hydroxyl groups is 1. The van der Waals surface area contributed by atoms with Crippen molar-refractivity contribution in [2.45, 2.75) is 19.6 Å². The fourth-order valence-electron chi connectivity index (χ4n) is 1.20. The van der Waals surface area contributed by atoms with Gasteiger partial charge in [0.15, 0.2) is 0 Å². The first-order valence-electron chi connectivity index (χ1n) is 3.61. The summed E-state index contributed by atoms with van der Waals surface area (Å²) < 4.78 is 6.89. The molecule has 1 aromatic rings. The van der Waals surface area contributed by atoms with Gasteiger partial charge >= 0.3 is 0 Å². The van der Waals surface area contributed by atoms with Crippen molar-refractivity contribution in [2.75, 3.05) is 6.61 Å². The summed E-state index contributed by atoms with van der Waals surface area (Å²) >= 11 is 0. The van der Waals surface area contributed by atoms with Crippen LogP contribution in [0.2, 0.25) is 0 Å². The SMILES string of the molecule is Cc1cc2n(n1)C[C@@H](O)CO2. The summed E-state index contributed by atoms with van der Waals surface area (Å²) in [7, 11) is 0. The molecular weight excluding hydrogens is 144 g/mol. The van der Waals surface area contributed by atoms with Crippen molar-refractivity contribution in [1.29, 1.82) is 0 Å². The van der Waals surface area contributed by atoms with Crippen LogP contribution in [0.4, 0.5) is 0 Å². The standard InChI is InChI=1S/C7H10N2O2/c1-5-2-7-9(8-5)3-6(10)4-11-7/h2,6,10H,3-4H2,1H3/t6-/m1/s1. The Morgan fingerprint density at radius 3 is 3.45 bits per heavy atom. The maximum atomic E-state index is 9.18. The van der Waals surface area contributed by atoms with Gasteiger partial charge in [-0.15, -0.1) is 0 Å². The lowest BCUT2D eigenvalue weighted by Crippen LogP contribution is -2.29. The molecule has 0 aromatic carbocycles. The molecule has 60 valence electrons. The van der Waals surface area contributed by atoms with Crippen LogP contribution in [0.1, 0.15) is 5.69 Å². The molecule has 0 unspecified atom stereocenters. The van der Waals surface area contributed by atoms with Crippen molar-refractivity contribution >= 4 is 0 Å². The van der Waals surface area contributed by atoms with E-state index >= 15 is 0 Å². The lowest BCUT2D eigenvalue weighted by molar-refractivity contribution is 0.0557. The Balaban J connectivity index is 2.34. The Morgan fingerprint density at radius 2 is 2.64 bits per heavy atom. The van der Waals surface area contributed by atoms with E-state index in [0.717, 1.165) is 11.6 Å². The van der Waals surface area contributed by atoms with E-state index < -0.39 is 6.10 Å². The summed E-state index contributed by atoms with van der Waals surface area (Å²) in [4.78, 5) is 0. The fraction of sp³-hybridized carbons (Fsp3) is 0.571. The van der Waals surface area contributed by atoms with E-state index in [1.165, 1.54) is 0 Å². The van der Waals surface area contributed by atoms with Gasteiger partial charge in [0.1, 0.15) is 12.7 Å². The number of nitrogens with zero attached hydrogens (tertiary/aromatic N) is 2. The lowest BCUT2D eigenvalue weighted by atomic mass is 10.3. The molecule has 0 spiro atoms. The molecule has 1 atom stereocenters. The predicted molar refractivity (Wildman–Crippen MR) is 38.5 cm³/mol. The van der Waals surface area contributed by atoms with Crippen LogP contribution in [0, 0.1) is 6.92 Å². The third kappa shape index (κ3) is 1.09. The Bertz CT molecular complexity index is 269. The number of ether oxygens (including phenoxy) is 1. The third-order valence-electron chi connectivity index (χ3n) is 1.67. The Kier molecular flexibility index (Phi) is 1.35. The molecular formula is C7H10N2O2. The maximum Gasteiger partial charge on any atom is 0.212 e. The van der Waals surface area contributed by atoms with Gasteiger partial charge in [-0.25, -0.2) is 4.68 Å². The number of aryl methyl sites for hydroxylation is 1. The second kappa shape index (κ2) is 2.23. The van der Waals surface area contributed by atoms with Crippen LogP contribution in [-0.2, 0) is 6.54 Å². The number of fused-ring (bicyclic) bond motifs is 1. The molecule has 4 heteroatoms. The van der Waals surface area contributed by atoms with Gasteiger partial charge in [-0.1, -0.05) is 0 Å². The highest BCUT2D eigenvalue weighted by atomic mass is 16.5. The zero-order chi connectivity index (χ0) is 7.84. The summed E-state index contributed by atoms with van der Waals surface area (Å²) in [6.45, 7) is 2.83. The summed E-state index contributed by atoms with van der Waals surface area (Å²) in [6.07, 6.45) is -0.415. The van der Waals surface area contributed by atoms with Crippen LogP contribution in [0.3, 0.4) is 0 Å². The Morgan fingerprint density at radius 1 is 1.82 bits per heavy atom. The molecule has 4 nitrogen and oxygen atoms in total. The largest absolute Gasteiger partial charge is 0.475 e. The van der Waals surface area contributed by atoms with Crippen molar-refractivity contribution in [2.24, 2.45) is 0 Å². The van der Waals surface area contributed by atoms with E-state index in [-0.39, 0.29) is 0 Å². The van der Waals surface area contributed by atoms with E-state index in [9.17, 15) is 5.11 Å². The van der Waals surface area contributed by atoms with Gasteiger partial charge < -0.3 is 9.84 Å². The molecule has 0 bridgehead atoms. The van der Waals surface area contributed by atoms with Crippen LogP contribution in [-0.4, -0.2) is 27.6 Å². The van der Waals surface area contributed by atoms with Crippen molar-refractivity contribution in [3.63, 3.8) is 0 Å². The third-order valence-corrected chi connectivity index (χ3v) is 1.67. The predicted octanol–water partition coefficient (Wildman–Crippen LogP) is -0.0552. The van der Waals surface area contributed by atoms with Crippen LogP contribution >= 0.6 is 0 Å². The van der Waals surface area contributed by atoms with Crippen molar-refractivity contribution in [1.82, 2.24) is 9.78 Å². The zero-order valence-corrected chi connectivity index (χ0v) is 6.32. The van der Waals surface area contributed by atoms with E-state index in [2.05, 4.69) is 5.10 Å². The van der Waals surface area contributed by atoms with Crippen molar-refractivity contribution < 1.29 is 9.84 Å². The van der Waals surface area contributed by atoms with Gasteiger partial charge in [0.25, 0.3) is 0 Å². The average molecular weight is 154 g/mol. The minimum Gasteiger partial charge on any atom is -0.475 e. The maximum absolute atomic E-state index is 9.18. The summed E-state index contributed by atoms with van der Waals surface area (Å²) in [5.74, 6) is 0.757. The minimum atomic E-state index is -0.415. The molecule has 0 saturated heterocycles. The fourth-order valence-corrected chi connectivity index (χ4v) is 1.20. The van der Waals surface area contributed by atoms with Gasteiger partial charge in [0.05, 0.1) is 12.2 Å². The van der Waals surface area contributed by atoms with Crippen LogP contribution in [0.15, 0.2) is 6.07 Å². The van der Waals surface area contributed by atoms with Crippen LogP contribution < -0.4 is 4.74 Å². The van der Waals surface area contributed by atoms with E-state index in [1.807, 2.05) is 13.0 Å². The normalized spacial score (nSPS) is 22.5. The number of hydrogen-bond acceptors (Lipinski definition) is 3. The van der Waals surface area contributed by atoms with Gasteiger partial charge in [-0.05, 0) is 6.92 Å². The molecule has 1 aliphatic heterocycles. The molecule has 2 rings (SSSR count). The monoisotopic (exact) mass is 154 g/mol. The van der Waals surface area contributed by atoms with Gasteiger partial charge in [-0.3, -0.25) is 0 Å². The van der Waals surface area contributed by atoms with Gasteiger partial charge in [-0.2, -0.15) is 5.10 Å². The highest BCUT2D eigenvalue weighted by Gasteiger charge is 2.17. The highest BCUT2D eigenvalue weighted by Crippen LogP contribution is 2.17. The number of hydrogen-bond donors (Lipinski definition) is 1. The smallest absolute Gasteiger partial charge is 0.212 e. The molecule has 0 fully saturated rings. The van der Waals surface area contributed by atoms with Crippen LogP contribution in [0.5, 0.6) is 5.88 Å². The topological polar surface area (TPSA) is 47.3 Å².